The highest BCUT2D eigenvalue weighted by molar-refractivity contribution is 5.85. The van der Waals surface area contributed by atoms with Gasteiger partial charge in [0, 0.05) is 31.9 Å². The third kappa shape index (κ3) is 4.19. The predicted octanol–water partition coefficient (Wildman–Crippen LogP) is 3.25. The molecule has 2 nitrogen and oxygen atoms in total. The maximum atomic E-state index is 12.9. The van der Waals surface area contributed by atoms with Gasteiger partial charge in [0.1, 0.15) is 5.82 Å². The Labute approximate surface area is 131 Å². The number of hydrogen-bond acceptors (Lipinski definition) is 2. The smallest absolute Gasteiger partial charge is 0.123 e. The number of nitrogens with zero attached hydrogens (tertiary/aromatic N) is 1. The van der Waals surface area contributed by atoms with Gasteiger partial charge < -0.3 is 10.2 Å². The minimum absolute atomic E-state index is 0. The van der Waals surface area contributed by atoms with Crippen LogP contribution in [0.25, 0.3) is 0 Å². The molecule has 2 aromatic carbocycles. The number of anilines is 1. The van der Waals surface area contributed by atoms with Crippen molar-refractivity contribution < 1.29 is 4.39 Å². The molecule has 2 aromatic rings. The first-order chi connectivity index (χ1) is 9.81. The van der Waals surface area contributed by atoms with Crippen LogP contribution < -0.4 is 10.2 Å². The average Bonchev–Trinajstić information content (AvgIpc) is 2.51. The van der Waals surface area contributed by atoms with Gasteiger partial charge in [-0.25, -0.2) is 4.39 Å². The number of nitrogens with one attached hydrogen (secondary N) is 1. The summed E-state index contributed by atoms with van der Waals surface area (Å²) in [7, 11) is 0. The lowest BCUT2D eigenvalue weighted by atomic mass is 10.0. The average molecular weight is 307 g/mol. The van der Waals surface area contributed by atoms with Crippen molar-refractivity contribution in [2.45, 2.75) is 6.42 Å². The number of hydrogen-bond donors (Lipinski definition) is 1. The molecule has 1 saturated heterocycles. The van der Waals surface area contributed by atoms with E-state index in [-0.39, 0.29) is 18.2 Å². The van der Waals surface area contributed by atoms with E-state index in [0.717, 1.165) is 38.2 Å². The number of benzene rings is 2. The van der Waals surface area contributed by atoms with E-state index in [4.69, 9.17) is 0 Å². The third-order valence-electron chi connectivity index (χ3n) is 3.74. The summed E-state index contributed by atoms with van der Waals surface area (Å²) in [6, 6.07) is 15.4. The fraction of sp³-hybridized carbons (Fsp3) is 0.294. The molecule has 0 bridgehead atoms. The Hall–Kier alpha value is -1.58. The molecule has 0 atom stereocenters. The monoisotopic (exact) mass is 306 g/mol. The van der Waals surface area contributed by atoms with E-state index in [0.29, 0.717) is 0 Å². The van der Waals surface area contributed by atoms with Crippen LogP contribution in [0.5, 0.6) is 0 Å². The van der Waals surface area contributed by atoms with Gasteiger partial charge in [0.25, 0.3) is 0 Å². The van der Waals surface area contributed by atoms with Crippen LogP contribution in [-0.2, 0) is 6.42 Å². The minimum atomic E-state index is -0.178. The second-order valence-electron chi connectivity index (χ2n) is 5.21. The Morgan fingerprint density at radius 3 is 1.95 bits per heavy atom. The number of rotatable bonds is 3. The van der Waals surface area contributed by atoms with Gasteiger partial charge in [-0.05, 0) is 41.8 Å². The lowest BCUT2D eigenvalue weighted by Gasteiger charge is -2.29. The Bertz CT molecular complexity index is 548. The first-order valence-corrected chi connectivity index (χ1v) is 7.10. The molecule has 1 heterocycles. The van der Waals surface area contributed by atoms with E-state index < -0.39 is 0 Å². The second-order valence-corrected chi connectivity index (χ2v) is 5.21. The molecular weight excluding hydrogens is 287 g/mol. The molecule has 0 spiro atoms. The highest BCUT2D eigenvalue weighted by atomic mass is 35.5. The fourth-order valence-corrected chi connectivity index (χ4v) is 2.59. The number of halogens is 2. The van der Waals surface area contributed by atoms with Crippen LogP contribution >= 0.6 is 12.4 Å². The maximum Gasteiger partial charge on any atom is 0.123 e. The van der Waals surface area contributed by atoms with Crippen molar-refractivity contribution in [2.75, 3.05) is 31.1 Å². The van der Waals surface area contributed by atoms with Crippen LogP contribution in [0, 0.1) is 5.82 Å². The summed E-state index contributed by atoms with van der Waals surface area (Å²) in [6.45, 7) is 4.24. The highest BCUT2D eigenvalue weighted by Crippen LogP contribution is 2.18. The zero-order valence-electron chi connectivity index (χ0n) is 11.9. The molecule has 1 fully saturated rings. The van der Waals surface area contributed by atoms with Crippen LogP contribution in [0.3, 0.4) is 0 Å². The van der Waals surface area contributed by atoms with Gasteiger partial charge in [0.05, 0.1) is 0 Å². The molecule has 21 heavy (non-hydrogen) atoms. The molecule has 0 aliphatic carbocycles. The minimum Gasteiger partial charge on any atom is -0.369 e. The molecule has 4 heteroatoms. The lowest BCUT2D eigenvalue weighted by Crippen LogP contribution is -2.43. The van der Waals surface area contributed by atoms with Crippen LogP contribution in [0.4, 0.5) is 10.1 Å². The fourth-order valence-electron chi connectivity index (χ4n) is 2.59. The van der Waals surface area contributed by atoms with Crippen LogP contribution in [0.15, 0.2) is 48.5 Å². The molecule has 0 unspecified atom stereocenters. The molecule has 0 amide bonds. The summed E-state index contributed by atoms with van der Waals surface area (Å²) in [4.78, 5) is 2.40. The van der Waals surface area contributed by atoms with Gasteiger partial charge in [-0.15, -0.1) is 12.4 Å². The zero-order chi connectivity index (χ0) is 13.8. The molecular formula is C17H20ClFN2. The van der Waals surface area contributed by atoms with E-state index in [1.54, 1.807) is 0 Å². The zero-order valence-corrected chi connectivity index (χ0v) is 12.7. The first-order valence-electron chi connectivity index (χ1n) is 7.10. The van der Waals surface area contributed by atoms with E-state index in [9.17, 15) is 4.39 Å². The second kappa shape index (κ2) is 7.43. The van der Waals surface area contributed by atoms with Gasteiger partial charge in [-0.1, -0.05) is 24.3 Å². The predicted molar refractivity (Wildman–Crippen MR) is 88.0 cm³/mol. The van der Waals surface area contributed by atoms with Crippen LogP contribution in [-0.4, -0.2) is 26.2 Å². The normalized spacial score (nSPS) is 14.6. The van der Waals surface area contributed by atoms with Gasteiger partial charge in [0.15, 0.2) is 0 Å². The Morgan fingerprint density at radius 1 is 0.857 bits per heavy atom. The lowest BCUT2D eigenvalue weighted by molar-refractivity contribution is 0.589. The van der Waals surface area contributed by atoms with Gasteiger partial charge in [0.2, 0.25) is 0 Å². The number of piperazine rings is 1. The molecule has 0 radical (unpaired) electrons. The SMILES string of the molecule is Cl.Fc1ccc(Cc2ccc(N3CCNCC3)cc2)cc1. The maximum absolute atomic E-state index is 12.9. The van der Waals surface area contributed by atoms with E-state index in [1.165, 1.54) is 23.4 Å². The van der Waals surface area contributed by atoms with Crippen molar-refractivity contribution in [1.29, 1.82) is 0 Å². The summed E-state index contributed by atoms with van der Waals surface area (Å²) < 4.78 is 12.9. The van der Waals surface area contributed by atoms with Gasteiger partial charge in [-0.2, -0.15) is 0 Å². The largest absolute Gasteiger partial charge is 0.369 e. The molecule has 0 saturated carbocycles. The van der Waals surface area contributed by atoms with Gasteiger partial charge >= 0.3 is 0 Å². The van der Waals surface area contributed by atoms with Crippen molar-refractivity contribution in [3.05, 3.63) is 65.5 Å². The first kappa shape index (κ1) is 15.8. The summed E-state index contributed by atoms with van der Waals surface area (Å²) >= 11 is 0. The molecule has 112 valence electrons. The molecule has 3 rings (SSSR count). The molecule has 0 aromatic heterocycles. The molecule has 1 aliphatic rings. The van der Waals surface area contributed by atoms with Crippen molar-refractivity contribution in [3.8, 4) is 0 Å². The topological polar surface area (TPSA) is 15.3 Å². The Kier molecular flexibility index (Phi) is 5.59. The molecule has 1 N–H and O–H groups in total. The van der Waals surface area contributed by atoms with E-state index in [1.807, 2.05) is 12.1 Å². The van der Waals surface area contributed by atoms with Crippen molar-refractivity contribution in [1.82, 2.24) is 5.32 Å². The summed E-state index contributed by atoms with van der Waals surface area (Å²) in [6.07, 6.45) is 0.849. The molecule has 1 aliphatic heterocycles. The van der Waals surface area contributed by atoms with Gasteiger partial charge in [-0.3, -0.25) is 0 Å². The summed E-state index contributed by atoms with van der Waals surface area (Å²) in [5.41, 5.74) is 3.69. The van der Waals surface area contributed by atoms with E-state index >= 15 is 0 Å². The van der Waals surface area contributed by atoms with Crippen LogP contribution in [0.1, 0.15) is 11.1 Å². The Morgan fingerprint density at radius 2 is 1.38 bits per heavy atom. The standard InChI is InChI=1S/C17H19FN2.ClH/c18-16-5-1-14(2-6-16)13-15-3-7-17(8-4-15)20-11-9-19-10-12-20;/h1-8,19H,9-13H2;1H. The quantitative estimate of drug-likeness (QED) is 0.936. The Balaban J connectivity index is 0.00000161. The van der Waals surface area contributed by atoms with Crippen molar-refractivity contribution in [3.63, 3.8) is 0 Å². The van der Waals surface area contributed by atoms with E-state index in [2.05, 4.69) is 34.5 Å². The summed E-state index contributed by atoms with van der Waals surface area (Å²) in [5, 5.41) is 3.36. The third-order valence-corrected chi connectivity index (χ3v) is 3.74. The van der Waals surface area contributed by atoms with Crippen LogP contribution in [0.2, 0.25) is 0 Å². The summed E-state index contributed by atoms with van der Waals surface area (Å²) in [5.74, 6) is -0.178. The van der Waals surface area contributed by atoms with Crippen molar-refractivity contribution >= 4 is 18.1 Å². The van der Waals surface area contributed by atoms with Crippen molar-refractivity contribution in [2.24, 2.45) is 0 Å². The highest BCUT2D eigenvalue weighted by Gasteiger charge is 2.09.